The Hall–Kier alpha value is -0.660. The summed E-state index contributed by atoms with van der Waals surface area (Å²) in [5, 5.41) is 0. The first-order valence-corrected chi connectivity index (χ1v) is 7.82. The Balaban J connectivity index is 2.65. The van der Waals surface area contributed by atoms with E-state index in [1.54, 1.807) is 0 Å². The van der Waals surface area contributed by atoms with Crippen LogP contribution in [0.2, 0.25) is 0 Å². The van der Waals surface area contributed by atoms with Crippen LogP contribution in [-0.2, 0) is 14.8 Å². The van der Waals surface area contributed by atoms with Crippen LogP contribution in [0, 0.1) is 5.82 Å². The molecule has 4 nitrogen and oxygen atoms in total. The van der Waals surface area contributed by atoms with Gasteiger partial charge >= 0.3 is 0 Å². The SMILES string of the molecule is CC(C)OCCS(=O)(=O)Nc1ccc(F)cc1Br. The van der Waals surface area contributed by atoms with Crippen molar-refractivity contribution < 1.29 is 17.5 Å². The average molecular weight is 340 g/mol. The number of hydrogen-bond donors (Lipinski definition) is 1. The lowest BCUT2D eigenvalue weighted by Gasteiger charge is -2.11. The van der Waals surface area contributed by atoms with Crippen molar-refractivity contribution in [1.29, 1.82) is 0 Å². The highest BCUT2D eigenvalue weighted by atomic mass is 79.9. The van der Waals surface area contributed by atoms with Gasteiger partial charge in [0.1, 0.15) is 5.82 Å². The molecule has 0 aliphatic heterocycles. The van der Waals surface area contributed by atoms with Crippen molar-refractivity contribution in [1.82, 2.24) is 0 Å². The fraction of sp³-hybridized carbons (Fsp3) is 0.455. The number of nitrogens with one attached hydrogen (secondary N) is 1. The second-order valence-corrected chi connectivity index (χ2v) is 6.66. The molecule has 0 atom stereocenters. The predicted molar refractivity (Wildman–Crippen MR) is 72.6 cm³/mol. The molecule has 1 aromatic rings. The third-order valence-corrected chi connectivity index (χ3v) is 3.89. The zero-order valence-electron chi connectivity index (χ0n) is 10.1. The topological polar surface area (TPSA) is 55.4 Å². The van der Waals surface area contributed by atoms with Gasteiger partial charge in [-0.1, -0.05) is 0 Å². The molecule has 0 heterocycles. The van der Waals surface area contributed by atoms with E-state index in [0.29, 0.717) is 10.2 Å². The van der Waals surface area contributed by atoms with Crippen LogP contribution >= 0.6 is 15.9 Å². The first kappa shape index (κ1) is 15.4. The lowest BCUT2D eigenvalue weighted by atomic mass is 10.3. The fourth-order valence-electron chi connectivity index (χ4n) is 1.18. The van der Waals surface area contributed by atoms with Crippen LogP contribution in [-0.4, -0.2) is 26.9 Å². The first-order chi connectivity index (χ1) is 8.30. The van der Waals surface area contributed by atoms with E-state index >= 15 is 0 Å². The van der Waals surface area contributed by atoms with E-state index < -0.39 is 15.8 Å². The Morgan fingerprint density at radius 2 is 2.11 bits per heavy atom. The largest absolute Gasteiger partial charge is 0.378 e. The second kappa shape index (κ2) is 6.49. The molecule has 0 amide bonds. The molecule has 1 aromatic carbocycles. The third-order valence-electron chi connectivity index (χ3n) is 2.00. The Bertz CT molecular complexity index is 505. The predicted octanol–water partition coefficient (Wildman–Crippen LogP) is 2.75. The molecule has 0 bridgehead atoms. The molecular weight excluding hydrogens is 325 g/mol. The van der Waals surface area contributed by atoms with Crippen molar-refractivity contribution in [3.8, 4) is 0 Å². The van der Waals surface area contributed by atoms with Crippen molar-refractivity contribution >= 4 is 31.6 Å². The standard InChI is InChI=1S/C11H15BrFNO3S/c1-8(2)17-5-6-18(15,16)14-11-4-3-9(13)7-10(11)12/h3-4,7-8,14H,5-6H2,1-2H3. The first-order valence-electron chi connectivity index (χ1n) is 5.37. The molecule has 7 heteroatoms. The van der Waals surface area contributed by atoms with Gasteiger partial charge in [-0.3, -0.25) is 4.72 Å². The highest BCUT2D eigenvalue weighted by molar-refractivity contribution is 9.10. The molecule has 18 heavy (non-hydrogen) atoms. The monoisotopic (exact) mass is 339 g/mol. The summed E-state index contributed by atoms with van der Waals surface area (Å²) in [5.41, 5.74) is 0.306. The lowest BCUT2D eigenvalue weighted by Crippen LogP contribution is -2.21. The summed E-state index contributed by atoms with van der Waals surface area (Å²) in [6, 6.07) is 3.75. The molecule has 0 spiro atoms. The molecule has 0 saturated heterocycles. The summed E-state index contributed by atoms with van der Waals surface area (Å²) >= 11 is 3.09. The molecule has 1 N–H and O–H groups in total. The van der Waals surface area contributed by atoms with Crippen LogP contribution in [0.3, 0.4) is 0 Å². The smallest absolute Gasteiger partial charge is 0.235 e. The van der Waals surface area contributed by atoms with Crippen LogP contribution in [0.5, 0.6) is 0 Å². The summed E-state index contributed by atoms with van der Waals surface area (Å²) in [6.07, 6.45) is -0.0160. The van der Waals surface area contributed by atoms with Crippen LogP contribution in [0.4, 0.5) is 10.1 Å². The second-order valence-electron chi connectivity index (χ2n) is 3.96. The number of rotatable bonds is 6. The molecule has 0 fully saturated rings. The summed E-state index contributed by atoms with van der Waals surface area (Å²) in [4.78, 5) is 0. The van der Waals surface area contributed by atoms with Crippen molar-refractivity contribution in [2.45, 2.75) is 20.0 Å². The van der Waals surface area contributed by atoms with Crippen LogP contribution < -0.4 is 4.72 Å². The number of hydrogen-bond acceptors (Lipinski definition) is 3. The molecule has 1 rings (SSSR count). The Morgan fingerprint density at radius 3 is 2.67 bits per heavy atom. The van der Waals surface area contributed by atoms with Gasteiger partial charge in [0.05, 0.1) is 24.2 Å². The molecule has 0 aliphatic rings. The normalized spacial score (nSPS) is 11.8. The van der Waals surface area contributed by atoms with Gasteiger partial charge in [-0.15, -0.1) is 0 Å². The van der Waals surface area contributed by atoms with E-state index in [0.717, 1.165) is 0 Å². The van der Waals surface area contributed by atoms with E-state index in [4.69, 9.17) is 4.74 Å². The molecule has 0 aliphatic carbocycles. The molecule has 102 valence electrons. The fourth-order valence-corrected chi connectivity index (χ4v) is 2.70. The molecular formula is C11H15BrFNO3S. The highest BCUT2D eigenvalue weighted by Gasteiger charge is 2.13. The summed E-state index contributed by atoms with van der Waals surface area (Å²) in [7, 11) is -3.49. The van der Waals surface area contributed by atoms with Gasteiger partial charge in [0.2, 0.25) is 10.0 Å². The molecule has 0 radical (unpaired) electrons. The van der Waals surface area contributed by atoms with Gasteiger partial charge in [-0.2, -0.15) is 0 Å². The maximum absolute atomic E-state index is 12.8. The van der Waals surface area contributed by atoms with Crippen molar-refractivity contribution in [3.63, 3.8) is 0 Å². The van der Waals surface area contributed by atoms with Crippen LogP contribution in [0.15, 0.2) is 22.7 Å². The van der Waals surface area contributed by atoms with Gasteiger partial charge in [0, 0.05) is 4.47 Å². The average Bonchev–Trinajstić information content (AvgIpc) is 2.21. The highest BCUT2D eigenvalue weighted by Crippen LogP contribution is 2.24. The maximum atomic E-state index is 12.8. The molecule has 0 aromatic heterocycles. The third kappa shape index (κ3) is 5.32. The van der Waals surface area contributed by atoms with E-state index in [9.17, 15) is 12.8 Å². The lowest BCUT2D eigenvalue weighted by molar-refractivity contribution is 0.0913. The van der Waals surface area contributed by atoms with E-state index in [1.165, 1.54) is 18.2 Å². The zero-order valence-corrected chi connectivity index (χ0v) is 12.5. The van der Waals surface area contributed by atoms with Gasteiger partial charge in [0.25, 0.3) is 0 Å². The number of halogens is 2. The van der Waals surface area contributed by atoms with Crippen LogP contribution in [0.1, 0.15) is 13.8 Å². The quantitative estimate of drug-likeness (QED) is 0.866. The van der Waals surface area contributed by atoms with Crippen molar-refractivity contribution in [3.05, 3.63) is 28.5 Å². The van der Waals surface area contributed by atoms with Crippen LogP contribution in [0.25, 0.3) is 0 Å². The molecule has 0 unspecified atom stereocenters. The van der Waals surface area contributed by atoms with E-state index in [1.807, 2.05) is 13.8 Å². The number of sulfonamides is 1. The molecule has 0 saturated carbocycles. The Labute approximate surface area is 115 Å². The van der Waals surface area contributed by atoms with Gasteiger partial charge < -0.3 is 4.74 Å². The van der Waals surface area contributed by atoms with Crippen molar-refractivity contribution in [2.75, 3.05) is 17.1 Å². The number of ether oxygens (including phenoxy) is 1. The van der Waals surface area contributed by atoms with Gasteiger partial charge in [-0.25, -0.2) is 12.8 Å². The summed E-state index contributed by atoms with van der Waals surface area (Å²) < 4.78 is 44.2. The summed E-state index contributed by atoms with van der Waals surface area (Å²) in [6.45, 7) is 3.78. The van der Waals surface area contributed by atoms with E-state index in [2.05, 4.69) is 20.7 Å². The Morgan fingerprint density at radius 1 is 1.44 bits per heavy atom. The van der Waals surface area contributed by atoms with Gasteiger partial charge in [-0.05, 0) is 48.0 Å². The summed E-state index contributed by atoms with van der Waals surface area (Å²) in [5.74, 6) is -0.581. The maximum Gasteiger partial charge on any atom is 0.235 e. The minimum absolute atomic E-state index is 0.0160. The minimum Gasteiger partial charge on any atom is -0.378 e. The number of anilines is 1. The van der Waals surface area contributed by atoms with Gasteiger partial charge in [0.15, 0.2) is 0 Å². The minimum atomic E-state index is -3.49. The Kier molecular flexibility index (Phi) is 5.55. The van der Waals surface area contributed by atoms with Crippen molar-refractivity contribution in [2.24, 2.45) is 0 Å². The van der Waals surface area contributed by atoms with E-state index in [-0.39, 0.29) is 18.5 Å². The number of benzene rings is 1. The zero-order chi connectivity index (χ0) is 13.8.